The van der Waals surface area contributed by atoms with Crippen LogP contribution in [-0.2, 0) is 6.42 Å². The summed E-state index contributed by atoms with van der Waals surface area (Å²) in [6.45, 7) is 6.37. The van der Waals surface area contributed by atoms with Gasteiger partial charge in [0.15, 0.2) is 0 Å². The zero-order valence-electron chi connectivity index (χ0n) is 12.6. The molecule has 1 fully saturated rings. The van der Waals surface area contributed by atoms with Gasteiger partial charge in [-0.2, -0.15) is 0 Å². The van der Waals surface area contributed by atoms with Crippen LogP contribution in [0.15, 0.2) is 0 Å². The summed E-state index contributed by atoms with van der Waals surface area (Å²) >= 11 is 0. The first-order chi connectivity index (χ1) is 9.65. The highest BCUT2D eigenvalue weighted by atomic mass is 16.3. The van der Waals surface area contributed by atoms with Crippen LogP contribution >= 0.6 is 0 Å². The first-order valence-electron chi connectivity index (χ1n) is 7.64. The van der Waals surface area contributed by atoms with Gasteiger partial charge >= 0.3 is 0 Å². The van der Waals surface area contributed by atoms with Crippen LogP contribution in [0, 0.1) is 12.8 Å². The summed E-state index contributed by atoms with van der Waals surface area (Å²) in [6.07, 6.45) is 5.11. The fourth-order valence-corrected chi connectivity index (χ4v) is 2.89. The predicted octanol–water partition coefficient (Wildman–Crippen LogP) is 1.92. The molecule has 0 saturated carbocycles. The maximum absolute atomic E-state index is 9.12. The first kappa shape index (κ1) is 15.0. The minimum Gasteiger partial charge on any atom is -0.396 e. The fourth-order valence-electron chi connectivity index (χ4n) is 2.89. The molecule has 0 bridgehead atoms. The monoisotopic (exact) mass is 278 g/mol. The molecule has 1 aliphatic heterocycles. The van der Waals surface area contributed by atoms with Crippen LogP contribution in [0.1, 0.15) is 44.0 Å². The summed E-state index contributed by atoms with van der Waals surface area (Å²) in [6, 6.07) is 0. The highest BCUT2D eigenvalue weighted by Gasteiger charge is 2.23. The molecule has 1 aromatic rings. The van der Waals surface area contributed by atoms with Crippen molar-refractivity contribution in [2.75, 3.05) is 30.3 Å². The van der Waals surface area contributed by atoms with Gasteiger partial charge in [-0.25, -0.2) is 9.97 Å². The Hall–Kier alpha value is -1.36. The molecule has 112 valence electrons. The van der Waals surface area contributed by atoms with E-state index in [1.165, 1.54) is 6.42 Å². The Morgan fingerprint density at radius 2 is 2.20 bits per heavy atom. The Bertz CT molecular complexity index is 448. The minimum absolute atomic E-state index is 0.268. The van der Waals surface area contributed by atoms with E-state index in [2.05, 4.69) is 16.8 Å². The number of aliphatic hydroxyl groups is 1. The number of anilines is 2. The molecule has 0 radical (unpaired) electrons. The van der Waals surface area contributed by atoms with Crippen LogP contribution in [-0.4, -0.2) is 34.8 Å². The van der Waals surface area contributed by atoms with Gasteiger partial charge in [0.25, 0.3) is 0 Å². The second-order valence-corrected chi connectivity index (χ2v) is 5.69. The quantitative estimate of drug-likeness (QED) is 0.860. The second kappa shape index (κ2) is 6.88. The molecular weight excluding hydrogens is 252 g/mol. The van der Waals surface area contributed by atoms with Crippen molar-refractivity contribution in [3.8, 4) is 0 Å². The van der Waals surface area contributed by atoms with E-state index in [1.807, 2.05) is 6.92 Å². The molecule has 5 nitrogen and oxygen atoms in total. The summed E-state index contributed by atoms with van der Waals surface area (Å²) in [5.41, 5.74) is 7.01. The van der Waals surface area contributed by atoms with Gasteiger partial charge in [-0.3, -0.25) is 0 Å². The third kappa shape index (κ3) is 3.39. The van der Waals surface area contributed by atoms with Gasteiger partial charge in [0.2, 0.25) is 0 Å². The lowest BCUT2D eigenvalue weighted by Crippen LogP contribution is -2.37. The largest absolute Gasteiger partial charge is 0.396 e. The normalized spacial score (nSPS) is 19.4. The molecule has 0 spiro atoms. The predicted molar refractivity (Wildman–Crippen MR) is 81.8 cm³/mol. The number of aryl methyl sites for hydroxylation is 1. The Kier molecular flexibility index (Phi) is 5.17. The lowest BCUT2D eigenvalue weighted by molar-refractivity contribution is 0.244. The van der Waals surface area contributed by atoms with E-state index >= 15 is 0 Å². The van der Waals surface area contributed by atoms with Crippen molar-refractivity contribution in [2.45, 2.75) is 46.0 Å². The smallest absolute Gasteiger partial charge is 0.137 e. The molecule has 2 rings (SSSR count). The van der Waals surface area contributed by atoms with Crippen LogP contribution in [0.5, 0.6) is 0 Å². The molecule has 1 aromatic heterocycles. The maximum Gasteiger partial charge on any atom is 0.137 e. The zero-order valence-corrected chi connectivity index (χ0v) is 12.6. The number of nitrogens with two attached hydrogens (primary N) is 1. The topological polar surface area (TPSA) is 75.3 Å². The third-order valence-electron chi connectivity index (χ3n) is 4.03. The average molecular weight is 278 g/mol. The number of aliphatic hydroxyl groups excluding tert-OH is 1. The molecular formula is C15H26N4O. The summed E-state index contributed by atoms with van der Waals surface area (Å²) in [5.74, 6) is 2.99. The van der Waals surface area contributed by atoms with E-state index in [0.29, 0.717) is 11.7 Å². The van der Waals surface area contributed by atoms with Gasteiger partial charge < -0.3 is 15.7 Å². The van der Waals surface area contributed by atoms with Crippen LogP contribution in [0.3, 0.4) is 0 Å². The Morgan fingerprint density at radius 3 is 2.90 bits per heavy atom. The van der Waals surface area contributed by atoms with Gasteiger partial charge in [0, 0.05) is 31.7 Å². The number of nitrogens with zero attached hydrogens (tertiary/aromatic N) is 3. The van der Waals surface area contributed by atoms with Gasteiger partial charge in [0.05, 0.1) is 0 Å². The summed E-state index contributed by atoms with van der Waals surface area (Å²) in [4.78, 5) is 11.4. The molecule has 20 heavy (non-hydrogen) atoms. The van der Waals surface area contributed by atoms with E-state index in [9.17, 15) is 0 Å². The number of hydrogen-bond donors (Lipinski definition) is 2. The SMILES string of the molecule is CCCc1nc(N)c(C)c(N2CCCC(CCO)C2)n1. The first-order valence-corrected chi connectivity index (χ1v) is 7.64. The van der Waals surface area contributed by atoms with E-state index in [-0.39, 0.29) is 6.61 Å². The van der Waals surface area contributed by atoms with Crippen LogP contribution in [0.25, 0.3) is 0 Å². The van der Waals surface area contributed by atoms with Crippen LogP contribution in [0.4, 0.5) is 11.6 Å². The molecule has 0 amide bonds. The van der Waals surface area contributed by atoms with Gasteiger partial charge in [-0.05, 0) is 38.5 Å². The van der Waals surface area contributed by atoms with Crippen molar-refractivity contribution in [1.82, 2.24) is 9.97 Å². The number of piperidine rings is 1. The van der Waals surface area contributed by atoms with Crippen molar-refractivity contribution in [3.05, 3.63) is 11.4 Å². The maximum atomic E-state index is 9.12. The van der Waals surface area contributed by atoms with Gasteiger partial charge in [0.1, 0.15) is 17.5 Å². The van der Waals surface area contributed by atoms with Crippen molar-refractivity contribution in [3.63, 3.8) is 0 Å². The second-order valence-electron chi connectivity index (χ2n) is 5.69. The van der Waals surface area contributed by atoms with E-state index < -0.39 is 0 Å². The zero-order chi connectivity index (χ0) is 14.5. The van der Waals surface area contributed by atoms with E-state index in [4.69, 9.17) is 15.8 Å². The fraction of sp³-hybridized carbons (Fsp3) is 0.733. The molecule has 1 unspecified atom stereocenters. The molecule has 5 heteroatoms. The molecule has 1 aliphatic rings. The Balaban J connectivity index is 2.21. The Morgan fingerprint density at radius 1 is 1.40 bits per heavy atom. The molecule has 2 heterocycles. The Labute approximate surface area is 121 Å². The van der Waals surface area contributed by atoms with Crippen molar-refractivity contribution >= 4 is 11.6 Å². The lowest BCUT2D eigenvalue weighted by atomic mass is 9.95. The summed E-state index contributed by atoms with van der Waals surface area (Å²) in [5, 5.41) is 9.12. The van der Waals surface area contributed by atoms with Crippen molar-refractivity contribution in [2.24, 2.45) is 5.92 Å². The highest BCUT2D eigenvalue weighted by Crippen LogP contribution is 2.28. The number of nitrogen functional groups attached to an aromatic ring is 1. The molecule has 3 N–H and O–H groups in total. The molecule has 1 saturated heterocycles. The summed E-state index contributed by atoms with van der Waals surface area (Å²) in [7, 11) is 0. The highest BCUT2D eigenvalue weighted by molar-refractivity contribution is 5.56. The van der Waals surface area contributed by atoms with E-state index in [0.717, 1.165) is 56.0 Å². The summed E-state index contributed by atoms with van der Waals surface area (Å²) < 4.78 is 0. The average Bonchev–Trinajstić information content (AvgIpc) is 2.43. The lowest BCUT2D eigenvalue weighted by Gasteiger charge is -2.34. The minimum atomic E-state index is 0.268. The third-order valence-corrected chi connectivity index (χ3v) is 4.03. The van der Waals surface area contributed by atoms with Crippen molar-refractivity contribution < 1.29 is 5.11 Å². The molecule has 0 aliphatic carbocycles. The van der Waals surface area contributed by atoms with Gasteiger partial charge in [-0.15, -0.1) is 0 Å². The van der Waals surface area contributed by atoms with E-state index in [1.54, 1.807) is 0 Å². The van der Waals surface area contributed by atoms with Gasteiger partial charge in [-0.1, -0.05) is 6.92 Å². The van der Waals surface area contributed by atoms with Crippen molar-refractivity contribution in [1.29, 1.82) is 0 Å². The number of hydrogen-bond acceptors (Lipinski definition) is 5. The van der Waals surface area contributed by atoms with Crippen LogP contribution < -0.4 is 10.6 Å². The standard InChI is InChI=1S/C15H26N4O/c1-3-5-13-17-14(16)11(2)15(18-13)19-8-4-6-12(10-19)7-9-20/h12,20H,3-10H2,1-2H3,(H2,16,17,18). The number of rotatable bonds is 5. The number of aromatic nitrogens is 2. The molecule has 0 aromatic carbocycles. The van der Waals surface area contributed by atoms with Crippen LogP contribution in [0.2, 0.25) is 0 Å². The molecule has 1 atom stereocenters.